The van der Waals surface area contributed by atoms with Crippen LogP contribution in [0.5, 0.6) is 5.88 Å². The average Bonchev–Trinajstić information content (AvgIpc) is 3.68. The van der Waals surface area contributed by atoms with E-state index in [1.807, 2.05) is 78.9 Å². The van der Waals surface area contributed by atoms with E-state index in [4.69, 9.17) is 4.74 Å². The molecule has 3 aromatic carbocycles. The Bertz CT molecular complexity index is 1870. The monoisotopic (exact) mass is 544 g/mol. The summed E-state index contributed by atoms with van der Waals surface area (Å²) in [5, 5.41) is 22.2. The smallest absolute Gasteiger partial charge is 0.367 e. The average molecular weight is 545 g/mol. The van der Waals surface area contributed by atoms with E-state index in [-0.39, 0.29) is 22.8 Å². The second-order valence-electron chi connectivity index (χ2n) is 9.25. The number of ether oxygens (including phenoxy) is 1. The van der Waals surface area contributed by atoms with Gasteiger partial charge in [0.05, 0.1) is 34.1 Å². The molecule has 0 N–H and O–H groups in total. The highest BCUT2D eigenvalue weighted by atomic mass is 16.5. The first-order valence-electron chi connectivity index (χ1n) is 12.8. The Balaban J connectivity index is 1.42. The molecule has 6 rings (SSSR count). The molecule has 0 bridgehead atoms. The van der Waals surface area contributed by atoms with Crippen molar-refractivity contribution >= 4 is 11.8 Å². The lowest BCUT2D eigenvalue weighted by atomic mass is 10.1. The number of carbonyl (C=O) groups is 2. The number of hydrogen-bond donors (Lipinski definition) is 0. The summed E-state index contributed by atoms with van der Waals surface area (Å²) in [5.41, 5.74) is 3.37. The van der Waals surface area contributed by atoms with Gasteiger partial charge in [-0.1, -0.05) is 54.6 Å². The van der Waals surface area contributed by atoms with Crippen LogP contribution < -0.4 is 4.74 Å². The summed E-state index contributed by atoms with van der Waals surface area (Å²) >= 11 is 0. The molecule has 202 valence electrons. The number of esters is 1. The number of ketones is 1. The topological polar surface area (TPSA) is 123 Å². The Hall–Kier alpha value is -5.71. The molecular weight excluding hydrogens is 520 g/mol. The lowest BCUT2D eigenvalue weighted by molar-refractivity contribution is 0.0713. The highest BCUT2D eigenvalue weighted by Gasteiger charge is 2.31. The van der Waals surface area contributed by atoms with Gasteiger partial charge in [-0.2, -0.15) is 29.6 Å². The van der Waals surface area contributed by atoms with Crippen molar-refractivity contribution in [3.05, 3.63) is 125 Å². The summed E-state index contributed by atoms with van der Waals surface area (Å²) in [7, 11) is 0. The summed E-state index contributed by atoms with van der Waals surface area (Å²) < 4.78 is 7.34. The fourth-order valence-corrected chi connectivity index (χ4v) is 4.37. The number of aryl methyl sites for hydroxylation is 3. The summed E-state index contributed by atoms with van der Waals surface area (Å²) in [4.78, 5) is 30.3. The number of hydrogen-bond acceptors (Lipinski definition) is 8. The molecule has 0 atom stereocenters. The van der Waals surface area contributed by atoms with Crippen LogP contribution in [0.25, 0.3) is 17.1 Å². The highest BCUT2D eigenvalue weighted by Crippen LogP contribution is 2.30. The van der Waals surface area contributed by atoms with E-state index < -0.39 is 11.8 Å². The van der Waals surface area contributed by atoms with Crippen LogP contribution in [-0.4, -0.2) is 51.5 Å². The molecule has 11 heteroatoms. The quantitative estimate of drug-likeness (QED) is 0.214. The standard InChI is InChI=1S/C30H24N8O3/c1-19-25(28(39)26-20(2)32-37(34-26)23-15-9-5-10-16-23)29(36(31-19)22-13-7-4-8-14-22)41-30(40)27-21(3)33-38(35-27)24-17-11-6-12-18-24/h4-18H,1-3H3. The predicted octanol–water partition coefficient (Wildman–Crippen LogP) is 4.41. The zero-order valence-corrected chi connectivity index (χ0v) is 22.5. The third kappa shape index (κ3) is 4.80. The first-order valence-corrected chi connectivity index (χ1v) is 12.8. The number of nitrogens with zero attached hydrogens (tertiary/aromatic N) is 8. The summed E-state index contributed by atoms with van der Waals surface area (Å²) in [6.07, 6.45) is 0. The minimum Gasteiger partial charge on any atom is -0.402 e. The van der Waals surface area contributed by atoms with Crippen LogP contribution in [-0.2, 0) is 0 Å². The van der Waals surface area contributed by atoms with Crippen molar-refractivity contribution in [1.29, 1.82) is 0 Å². The number of carbonyl (C=O) groups excluding carboxylic acids is 2. The largest absolute Gasteiger partial charge is 0.402 e. The van der Waals surface area contributed by atoms with Crippen molar-refractivity contribution in [2.45, 2.75) is 20.8 Å². The first kappa shape index (κ1) is 25.6. The SMILES string of the molecule is Cc1nn(-c2ccccc2)nc1C(=O)Oc1c(C(=O)c2nn(-c3ccccc3)nc2C)c(C)nn1-c1ccccc1. The molecule has 0 aliphatic carbocycles. The molecule has 0 amide bonds. The Morgan fingerprint density at radius 3 is 1.56 bits per heavy atom. The molecule has 0 unspecified atom stereocenters. The molecule has 0 saturated carbocycles. The van der Waals surface area contributed by atoms with Gasteiger partial charge in [0.15, 0.2) is 11.4 Å². The van der Waals surface area contributed by atoms with Crippen molar-refractivity contribution in [3.63, 3.8) is 0 Å². The highest BCUT2D eigenvalue weighted by molar-refractivity contribution is 6.11. The summed E-state index contributed by atoms with van der Waals surface area (Å²) in [6, 6.07) is 27.6. The van der Waals surface area contributed by atoms with Gasteiger partial charge in [0.25, 0.3) is 0 Å². The van der Waals surface area contributed by atoms with E-state index >= 15 is 0 Å². The van der Waals surface area contributed by atoms with Gasteiger partial charge in [0.2, 0.25) is 11.7 Å². The van der Waals surface area contributed by atoms with E-state index in [1.54, 1.807) is 32.9 Å². The Morgan fingerprint density at radius 2 is 1.02 bits per heavy atom. The van der Waals surface area contributed by atoms with E-state index in [2.05, 4.69) is 25.5 Å². The normalized spacial score (nSPS) is 11.0. The number of para-hydroxylation sites is 3. The van der Waals surface area contributed by atoms with Crippen LogP contribution in [0.15, 0.2) is 91.0 Å². The third-order valence-corrected chi connectivity index (χ3v) is 6.38. The minimum absolute atomic E-state index is 0.0110. The molecule has 0 radical (unpaired) electrons. The zero-order chi connectivity index (χ0) is 28.5. The zero-order valence-electron chi connectivity index (χ0n) is 22.5. The molecule has 3 heterocycles. The molecule has 3 aromatic heterocycles. The Morgan fingerprint density at radius 1 is 0.561 bits per heavy atom. The molecule has 6 aromatic rings. The van der Waals surface area contributed by atoms with Gasteiger partial charge in [-0.3, -0.25) is 4.79 Å². The van der Waals surface area contributed by atoms with Gasteiger partial charge in [-0.15, -0.1) is 10.2 Å². The summed E-state index contributed by atoms with van der Waals surface area (Å²) in [6.45, 7) is 5.05. The Kier molecular flexibility index (Phi) is 6.52. The molecule has 41 heavy (non-hydrogen) atoms. The molecule has 0 aliphatic rings. The van der Waals surface area contributed by atoms with E-state index in [0.29, 0.717) is 34.1 Å². The van der Waals surface area contributed by atoms with Crippen LogP contribution in [0.2, 0.25) is 0 Å². The van der Waals surface area contributed by atoms with Crippen molar-refractivity contribution in [1.82, 2.24) is 39.8 Å². The Labute approximate surface area is 234 Å². The van der Waals surface area contributed by atoms with Gasteiger partial charge in [0.1, 0.15) is 5.56 Å². The van der Waals surface area contributed by atoms with Crippen molar-refractivity contribution in [2.24, 2.45) is 0 Å². The molecular formula is C30H24N8O3. The van der Waals surface area contributed by atoms with Crippen molar-refractivity contribution < 1.29 is 14.3 Å². The van der Waals surface area contributed by atoms with Gasteiger partial charge in [-0.25, -0.2) is 4.79 Å². The molecule has 0 saturated heterocycles. The maximum atomic E-state index is 14.0. The predicted molar refractivity (Wildman–Crippen MR) is 149 cm³/mol. The maximum Gasteiger partial charge on any atom is 0.367 e. The number of aromatic nitrogens is 8. The third-order valence-electron chi connectivity index (χ3n) is 6.38. The van der Waals surface area contributed by atoms with E-state index in [0.717, 1.165) is 0 Å². The van der Waals surface area contributed by atoms with Crippen LogP contribution in [0.3, 0.4) is 0 Å². The molecule has 0 fully saturated rings. The van der Waals surface area contributed by atoms with Crippen LogP contribution >= 0.6 is 0 Å². The van der Waals surface area contributed by atoms with Crippen molar-refractivity contribution in [3.8, 4) is 22.9 Å². The lowest BCUT2D eigenvalue weighted by Gasteiger charge is -2.09. The second-order valence-corrected chi connectivity index (χ2v) is 9.25. The van der Waals surface area contributed by atoms with E-state index in [1.165, 1.54) is 14.3 Å². The second kappa shape index (κ2) is 10.5. The minimum atomic E-state index is -0.777. The van der Waals surface area contributed by atoms with Gasteiger partial charge < -0.3 is 4.74 Å². The fourth-order valence-electron chi connectivity index (χ4n) is 4.37. The van der Waals surface area contributed by atoms with E-state index in [9.17, 15) is 9.59 Å². The molecule has 11 nitrogen and oxygen atoms in total. The maximum absolute atomic E-state index is 14.0. The van der Waals surface area contributed by atoms with Crippen LogP contribution in [0.4, 0.5) is 0 Å². The number of rotatable bonds is 7. The lowest BCUT2D eigenvalue weighted by Crippen LogP contribution is -2.16. The van der Waals surface area contributed by atoms with Crippen LogP contribution in [0.1, 0.15) is 43.6 Å². The molecule has 0 aliphatic heterocycles. The number of benzene rings is 3. The summed E-state index contributed by atoms with van der Waals surface area (Å²) in [5.74, 6) is -1.30. The van der Waals surface area contributed by atoms with Gasteiger partial charge in [-0.05, 0) is 57.2 Å². The van der Waals surface area contributed by atoms with Gasteiger partial charge in [0, 0.05) is 0 Å². The fraction of sp³-hybridized carbons (Fsp3) is 0.100. The first-order chi connectivity index (χ1) is 19.9. The van der Waals surface area contributed by atoms with Crippen molar-refractivity contribution in [2.75, 3.05) is 0 Å². The van der Waals surface area contributed by atoms with Crippen LogP contribution in [0, 0.1) is 20.8 Å². The van der Waals surface area contributed by atoms with Gasteiger partial charge >= 0.3 is 5.97 Å². The molecule has 0 spiro atoms.